The Kier molecular flexibility index (Phi) is 4.23. The predicted molar refractivity (Wildman–Crippen MR) is 54.4 cm³/mol. The summed E-state index contributed by atoms with van der Waals surface area (Å²) in [7, 11) is 1.61. The van der Waals surface area contributed by atoms with Crippen LogP contribution in [0, 0.1) is 5.92 Å². The minimum atomic E-state index is -0.237. The van der Waals surface area contributed by atoms with Crippen LogP contribution in [0.25, 0.3) is 0 Å². The van der Waals surface area contributed by atoms with Crippen molar-refractivity contribution in [1.29, 1.82) is 0 Å². The summed E-state index contributed by atoms with van der Waals surface area (Å²) in [5, 5.41) is 12.5. The molecule has 1 rings (SSSR count). The summed E-state index contributed by atoms with van der Waals surface area (Å²) in [6.07, 6.45) is 1.39. The highest BCUT2D eigenvalue weighted by atomic mass is 16.5. The van der Waals surface area contributed by atoms with Crippen LogP contribution in [0.15, 0.2) is 6.20 Å². The number of methoxy groups -OCH3 is 1. The number of hydrogen-bond acceptors (Lipinski definition) is 4. The topological polar surface area (TPSA) is 79.9 Å². The maximum atomic E-state index is 11.6. The van der Waals surface area contributed by atoms with Crippen LogP contribution < -0.4 is 5.32 Å². The number of amides is 1. The fraction of sp³-hybridized carbons (Fsp3) is 0.667. The van der Waals surface area contributed by atoms with Gasteiger partial charge in [-0.25, -0.2) is 0 Å². The first-order valence-corrected chi connectivity index (χ1v) is 4.80. The van der Waals surface area contributed by atoms with E-state index in [1.807, 2.05) is 13.8 Å². The molecule has 0 saturated carbocycles. The van der Waals surface area contributed by atoms with Gasteiger partial charge in [-0.05, 0) is 5.92 Å². The van der Waals surface area contributed by atoms with E-state index in [0.717, 1.165) is 0 Å². The standard InChI is InChI=1S/C9H16N4O2/c1-6(2)8(5-15-3)11-9(14)7-4-10-13-12-7/h4,6,8H,5H2,1-3H3,(H,11,14)(H,10,12,13). The van der Waals surface area contributed by atoms with E-state index in [0.29, 0.717) is 12.5 Å². The molecular formula is C9H16N4O2. The van der Waals surface area contributed by atoms with Gasteiger partial charge in [0.25, 0.3) is 5.91 Å². The monoisotopic (exact) mass is 212 g/mol. The lowest BCUT2D eigenvalue weighted by Gasteiger charge is -2.20. The molecule has 0 aliphatic heterocycles. The van der Waals surface area contributed by atoms with E-state index in [4.69, 9.17) is 4.74 Å². The Labute approximate surface area is 88.4 Å². The number of nitrogens with zero attached hydrogens (tertiary/aromatic N) is 2. The molecule has 6 heteroatoms. The van der Waals surface area contributed by atoms with E-state index in [-0.39, 0.29) is 17.6 Å². The van der Waals surface area contributed by atoms with Crippen molar-refractivity contribution < 1.29 is 9.53 Å². The first-order valence-electron chi connectivity index (χ1n) is 4.80. The summed E-state index contributed by atoms with van der Waals surface area (Å²) in [6, 6.07) is -0.0146. The van der Waals surface area contributed by atoms with Crippen LogP contribution in [-0.4, -0.2) is 41.1 Å². The first-order chi connectivity index (χ1) is 7.15. The van der Waals surface area contributed by atoms with Gasteiger partial charge in [0.05, 0.1) is 18.8 Å². The van der Waals surface area contributed by atoms with E-state index in [2.05, 4.69) is 20.7 Å². The summed E-state index contributed by atoms with van der Waals surface area (Å²) in [6.45, 7) is 4.53. The van der Waals surface area contributed by atoms with Crippen molar-refractivity contribution in [3.05, 3.63) is 11.9 Å². The zero-order valence-corrected chi connectivity index (χ0v) is 9.15. The van der Waals surface area contributed by atoms with Gasteiger partial charge in [0.1, 0.15) is 0 Å². The van der Waals surface area contributed by atoms with Crippen molar-refractivity contribution in [2.45, 2.75) is 19.9 Å². The number of ether oxygens (including phenoxy) is 1. The Bertz CT molecular complexity index is 297. The van der Waals surface area contributed by atoms with Gasteiger partial charge in [0, 0.05) is 7.11 Å². The van der Waals surface area contributed by atoms with Gasteiger partial charge in [-0.1, -0.05) is 13.8 Å². The number of aromatic amines is 1. The number of hydrogen-bond donors (Lipinski definition) is 2. The van der Waals surface area contributed by atoms with E-state index in [1.54, 1.807) is 7.11 Å². The average Bonchev–Trinajstić information content (AvgIpc) is 2.69. The molecule has 0 fully saturated rings. The summed E-state index contributed by atoms with van der Waals surface area (Å²) in [5.41, 5.74) is 0.289. The number of carbonyl (C=O) groups excluding carboxylic acids is 1. The van der Waals surface area contributed by atoms with Crippen LogP contribution in [0.5, 0.6) is 0 Å². The van der Waals surface area contributed by atoms with Gasteiger partial charge < -0.3 is 10.1 Å². The van der Waals surface area contributed by atoms with Crippen molar-refractivity contribution in [3.63, 3.8) is 0 Å². The molecule has 1 amide bonds. The largest absolute Gasteiger partial charge is 0.383 e. The molecule has 0 aliphatic rings. The van der Waals surface area contributed by atoms with Crippen molar-refractivity contribution in [3.8, 4) is 0 Å². The Hall–Kier alpha value is -1.43. The number of rotatable bonds is 5. The molecule has 0 spiro atoms. The maximum Gasteiger partial charge on any atom is 0.273 e. The SMILES string of the molecule is COCC(NC(=O)c1cn[nH]n1)C(C)C. The quantitative estimate of drug-likeness (QED) is 0.731. The molecule has 0 radical (unpaired) electrons. The Balaban J connectivity index is 2.55. The summed E-state index contributed by atoms with van der Waals surface area (Å²) >= 11 is 0. The molecule has 0 saturated heterocycles. The molecule has 15 heavy (non-hydrogen) atoms. The third-order valence-electron chi connectivity index (χ3n) is 2.12. The molecule has 1 aromatic rings. The summed E-state index contributed by atoms with van der Waals surface area (Å²) < 4.78 is 5.02. The van der Waals surface area contributed by atoms with Crippen molar-refractivity contribution in [1.82, 2.24) is 20.7 Å². The molecule has 84 valence electrons. The third kappa shape index (κ3) is 3.32. The molecule has 6 nitrogen and oxygen atoms in total. The van der Waals surface area contributed by atoms with Crippen LogP contribution in [0.2, 0.25) is 0 Å². The van der Waals surface area contributed by atoms with Gasteiger partial charge in [0.2, 0.25) is 0 Å². The lowest BCUT2D eigenvalue weighted by atomic mass is 10.1. The smallest absolute Gasteiger partial charge is 0.273 e. The van der Waals surface area contributed by atoms with Crippen molar-refractivity contribution in [2.75, 3.05) is 13.7 Å². The molecular weight excluding hydrogens is 196 g/mol. The van der Waals surface area contributed by atoms with E-state index >= 15 is 0 Å². The van der Waals surface area contributed by atoms with Crippen molar-refractivity contribution in [2.24, 2.45) is 5.92 Å². The Morgan fingerprint density at radius 3 is 2.87 bits per heavy atom. The second kappa shape index (κ2) is 5.45. The summed E-state index contributed by atoms with van der Waals surface area (Å²) in [5.74, 6) is 0.0697. The second-order valence-corrected chi connectivity index (χ2v) is 3.63. The van der Waals surface area contributed by atoms with Crippen LogP contribution in [-0.2, 0) is 4.74 Å². The summed E-state index contributed by atoms with van der Waals surface area (Å²) in [4.78, 5) is 11.6. The molecule has 0 aromatic carbocycles. The van der Waals surface area contributed by atoms with Gasteiger partial charge in [-0.15, -0.1) is 0 Å². The van der Waals surface area contributed by atoms with E-state index < -0.39 is 0 Å². The molecule has 1 aromatic heterocycles. The lowest BCUT2D eigenvalue weighted by Crippen LogP contribution is -2.41. The predicted octanol–water partition coefficient (Wildman–Crippen LogP) is 0.205. The van der Waals surface area contributed by atoms with Gasteiger partial charge >= 0.3 is 0 Å². The van der Waals surface area contributed by atoms with Crippen LogP contribution >= 0.6 is 0 Å². The number of H-pyrrole nitrogens is 1. The molecule has 1 atom stereocenters. The van der Waals surface area contributed by atoms with Crippen LogP contribution in [0.1, 0.15) is 24.3 Å². The van der Waals surface area contributed by atoms with E-state index in [1.165, 1.54) is 6.20 Å². The average molecular weight is 212 g/mol. The molecule has 1 unspecified atom stereocenters. The maximum absolute atomic E-state index is 11.6. The van der Waals surface area contributed by atoms with Crippen LogP contribution in [0.4, 0.5) is 0 Å². The molecule has 2 N–H and O–H groups in total. The highest BCUT2D eigenvalue weighted by molar-refractivity contribution is 5.92. The lowest BCUT2D eigenvalue weighted by molar-refractivity contribution is 0.0861. The van der Waals surface area contributed by atoms with Gasteiger partial charge in [-0.3, -0.25) is 4.79 Å². The number of aromatic nitrogens is 3. The van der Waals surface area contributed by atoms with Gasteiger partial charge in [-0.2, -0.15) is 15.4 Å². The normalized spacial score (nSPS) is 12.8. The second-order valence-electron chi connectivity index (χ2n) is 3.63. The Morgan fingerprint density at radius 1 is 1.67 bits per heavy atom. The Morgan fingerprint density at radius 2 is 2.40 bits per heavy atom. The highest BCUT2D eigenvalue weighted by Crippen LogP contribution is 2.03. The van der Waals surface area contributed by atoms with Crippen LogP contribution in [0.3, 0.4) is 0 Å². The fourth-order valence-electron chi connectivity index (χ4n) is 1.13. The van der Waals surface area contributed by atoms with E-state index in [9.17, 15) is 4.79 Å². The molecule has 1 heterocycles. The highest BCUT2D eigenvalue weighted by Gasteiger charge is 2.18. The first kappa shape index (κ1) is 11.6. The minimum Gasteiger partial charge on any atom is -0.383 e. The number of nitrogens with one attached hydrogen (secondary N) is 2. The van der Waals surface area contributed by atoms with Gasteiger partial charge in [0.15, 0.2) is 5.69 Å². The molecule has 0 aliphatic carbocycles. The molecule has 0 bridgehead atoms. The fourth-order valence-corrected chi connectivity index (χ4v) is 1.13. The van der Waals surface area contributed by atoms with Crippen molar-refractivity contribution >= 4 is 5.91 Å². The minimum absolute atomic E-state index is 0.0146. The number of carbonyl (C=O) groups is 1. The zero-order valence-electron chi connectivity index (χ0n) is 9.15. The third-order valence-corrected chi connectivity index (χ3v) is 2.12. The zero-order chi connectivity index (χ0) is 11.3.